The number of rotatable bonds is 3. The fourth-order valence-electron chi connectivity index (χ4n) is 2.52. The Morgan fingerprint density at radius 1 is 1.50 bits per heavy atom. The van der Waals surface area contributed by atoms with Crippen molar-refractivity contribution in [1.29, 1.82) is 0 Å². The lowest BCUT2D eigenvalue weighted by Gasteiger charge is -2.25. The van der Waals surface area contributed by atoms with Crippen molar-refractivity contribution in [3.05, 3.63) is 17.5 Å². The van der Waals surface area contributed by atoms with E-state index in [4.69, 9.17) is 4.74 Å². The summed E-state index contributed by atoms with van der Waals surface area (Å²) in [5, 5.41) is 8.00. The third-order valence-electron chi connectivity index (χ3n) is 3.47. The summed E-state index contributed by atoms with van der Waals surface area (Å²) >= 11 is 0. The van der Waals surface area contributed by atoms with Crippen molar-refractivity contribution in [2.45, 2.75) is 45.8 Å². The van der Waals surface area contributed by atoms with Crippen LogP contribution in [0.2, 0.25) is 0 Å². The van der Waals surface area contributed by atoms with E-state index < -0.39 is 0 Å². The van der Waals surface area contributed by atoms with Crippen molar-refractivity contribution in [1.82, 2.24) is 15.1 Å². The van der Waals surface area contributed by atoms with E-state index in [0.717, 1.165) is 25.3 Å². The minimum Gasteiger partial charge on any atom is -0.373 e. The second kappa shape index (κ2) is 5.02. The molecule has 1 aliphatic heterocycles. The maximum absolute atomic E-state index is 5.92. The highest BCUT2D eigenvalue weighted by atomic mass is 16.5. The van der Waals surface area contributed by atoms with Gasteiger partial charge in [0.25, 0.3) is 0 Å². The second-order valence-electron chi connectivity index (χ2n) is 6.31. The van der Waals surface area contributed by atoms with Crippen molar-refractivity contribution in [2.75, 3.05) is 13.2 Å². The van der Waals surface area contributed by atoms with Gasteiger partial charge in [0.15, 0.2) is 0 Å². The summed E-state index contributed by atoms with van der Waals surface area (Å²) in [4.78, 5) is 0. The third kappa shape index (κ3) is 3.12. The standard InChI is InChI=1S/C14H25N3O/c1-10-12(9-17(5)16-10)13-11(6-7-18-13)8-15-14(2,3)4/h9,11,13,15H,6-8H2,1-5H3. The third-order valence-corrected chi connectivity index (χ3v) is 3.47. The predicted molar refractivity (Wildman–Crippen MR) is 72.5 cm³/mol. The molecule has 2 rings (SSSR count). The first kappa shape index (κ1) is 13.6. The Labute approximate surface area is 110 Å². The van der Waals surface area contributed by atoms with E-state index in [1.165, 1.54) is 5.56 Å². The Kier molecular flexibility index (Phi) is 3.78. The van der Waals surface area contributed by atoms with Crippen LogP contribution in [-0.4, -0.2) is 28.5 Å². The molecule has 2 unspecified atom stereocenters. The molecule has 102 valence electrons. The molecular formula is C14H25N3O. The van der Waals surface area contributed by atoms with Crippen LogP contribution in [0.3, 0.4) is 0 Å². The molecule has 0 amide bonds. The molecule has 1 saturated heterocycles. The van der Waals surface area contributed by atoms with Gasteiger partial charge in [-0.05, 0) is 34.1 Å². The average molecular weight is 251 g/mol. The highest BCUT2D eigenvalue weighted by Gasteiger charge is 2.32. The van der Waals surface area contributed by atoms with Gasteiger partial charge >= 0.3 is 0 Å². The zero-order valence-electron chi connectivity index (χ0n) is 12.2. The molecule has 18 heavy (non-hydrogen) atoms. The van der Waals surface area contributed by atoms with Crippen LogP contribution in [0.1, 0.15) is 44.6 Å². The summed E-state index contributed by atoms with van der Waals surface area (Å²) in [7, 11) is 1.97. The Balaban J connectivity index is 2.06. The molecule has 1 aromatic rings. The minimum absolute atomic E-state index is 0.164. The summed E-state index contributed by atoms with van der Waals surface area (Å²) in [5.41, 5.74) is 2.50. The molecule has 1 aromatic heterocycles. The van der Waals surface area contributed by atoms with Crippen molar-refractivity contribution in [2.24, 2.45) is 13.0 Å². The average Bonchev–Trinajstić information content (AvgIpc) is 2.80. The fourth-order valence-corrected chi connectivity index (χ4v) is 2.52. The van der Waals surface area contributed by atoms with Gasteiger partial charge < -0.3 is 10.1 Å². The van der Waals surface area contributed by atoms with Crippen molar-refractivity contribution < 1.29 is 4.74 Å². The van der Waals surface area contributed by atoms with Crippen LogP contribution in [0, 0.1) is 12.8 Å². The molecule has 0 aliphatic carbocycles. The molecule has 0 aromatic carbocycles. The Bertz CT molecular complexity index is 406. The molecule has 0 radical (unpaired) electrons. The Morgan fingerprint density at radius 2 is 2.22 bits per heavy atom. The lowest BCUT2D eigenvalue weighted by molar-refractivity contribution is 0.0884. The summed E-state index contributed by atoms with van der Waals surface area (Å²) in [6, 6.07) is 0. The van der Waals surface area contributed by atoms with Crippen LogP contribution < -0.4 is 5.32 Å². The fraction of sp³-hybridized carbons (Fsp3) is 0.786. The van der Waals surface area contributed by atoms with Gasteiger partial charge in [0, 0.05) is 43.4 Å². The normalized spacial score (nSPS) is 24.7. The zero-order valence-corrected chi connectivity index (χ0v) is 12.2. The number of hydrogen-bond donors (Lipinski definition) is 1. The monoisotopic (exact) mass is 251 g/mol. The summed E-state index contributed by atoms with van der Waals surface area (Å²) in [6.07, 6.45) is 3.42. The topological polar surface area (TPSA) is 39.1 Å². The van der Waals surface area contributed by atoms with Crippen LogP contribution in [0.5, 0.6) is 0 Å². The molecule has 1 N–H and O–H groups in total. The number of aryl methyl sites for hydroxylation is 2. The quantitative estimate of drug-likeness (QED) is 0.895. The van der Waals surface area contributed by atoms with Crippen LogP contribution in [0.4, 0.5) is 0 Å². The summed E-state index contributed by atoms with van der Waals surface area (Å²) in [6.45, 7) is 10.5. The highest BCUT2D eigenvalue weighted by Crippen LogP contribution is 2.35. The smallest absolute Gasteiger partial charge is 0.0899 e. The zero-order chi connectivity index (χ0) is 13.3. The van der Waals surface area contributed by atoms with E-state index >= 15 is 0 Å². The van der Waals surface area contributed by atoms with Gasteiger partial charge in [0.05, 0.1) is 11.8 Å². The molecule has 1 fully saturated rings. The Morgan fingerprint density at radius 3 is 2.78 bits per heavy atom. The maximum Gasteiger partial charge on any atom is 0.0899 e. The van der Waals surface area contributed by atoms with Gasteiger partial charge in [0.2, 0.25) is 0 Å². The van der Waals surface area contributed by atoms with Gasteiger partial charge in [-0.25, -0.2) is 0 Å². The van der Waals surface area contributed by atoms with E-state index in [1.807, 2.05) is 11.7 Å². The largest absolute Gasteiger partial charge is 0.373 e. The lowest BCUT2D eigenvalue weighted by atomic mass is 9.94. The maximum atomic E-state index is 5.92. The van der Waals surface area contributed by atoms with Gasteiger partial charge in [-0.1, -0.05) is 0 Å². The van der Waals surface area contributed by atoms with Crippen LogP contribution >= 0.6 is 0 Å². The molecule has 4 nitrogen and oxygen atoms in total. The number of nitrogens with zero attached hydrogens (tertiary/aromatic N) is 2. The molecule has 1 aliphatic rings. The van der Waals surface area contributed by atoms with Crippen molar-refractivity contribution in [3.63, 3.8) is 0 Å². The van der Waals surface area contributed by atoms with Gasteiger partial charge in [-0.3, -0.25) is 4.68 Å². The van der Waals surface area contributed by atoms with E-state index in [1.54, 1.807) is 0 Å². The van der Waals surface area contributed by atoms with Gasteiger partial charge in [0.1, 0.15) is 0 Å². The molecule has 0 spiro atoms. The first-order valence-electron chi connectivity index (χ1n) is 6.73. The van der Waals surface area contributed by atoms with Gasteiger partial charge in [-0.2, -0.15) is 5.10 Å². The van der Waals surface area contributed by atoms with E-state index in [0.29, 0.717) is 5.92 Å². The number of hydrogen-bond acceptors (Lipinski definition) is 3. The first-order chi connectivity index (χ1) is 8.37. The molecule has 2 heterocycles. The number of ether oxygens (including phenoxy) is 1. The van der Waals surface area contributed by atoms with Crippen LogP contribution in [-0.2, 0) is 11.8 Å². The van der Waals surface area contributed by atoms with Crippen molar-refractivity contribution in [3.8, 4) is 0 Å². The molecule has 0 saturated carbocycles. The lowest BCUT2D eigenvalue weighted by Crippen LogP contribution is -2.39. The second-order valence-corrected chi connectivity index (χ2v) is 6.31. The molecule has 4 heteroatoms. The van der Waals surface area contributed by atoms with Crippen molar-refractivity contribution >= 4 is 0 Å². The van der Waals surface area contributed by atoms with Crippen LogP contribution in [0.25, 0.3) is 0 Å². The first-order valence-corrected chi connectivity index (χ1v) is 6.73. The molecular weight excluding hydrogens is 226 g/mol. The summed E-state index contributed by atoms with van der Waals surface area (Å²) < 4.78 is 7.79. The van der Waals surface area contributed by atoms with E-state index in [-0.39, 0.29) is 11.6 Å². The van der Waals surface area contributed by atoms with Crippen LogP contribution in [0.15, 0.2) is 6.20 Å². The SMILES string of the molecule is Cc1nn(C)cc1C1OCCC1CNC(C)(C)C. The molecule has 0 bridgehead atoms. The number of nitrogens with one attached hydrogen (secondary N) is 1. The minimum atomic E-state index is 0.164. The summed E-state index contributed by atoms with van der Waals surface area (Å²) in [5.74, 6) is 0.548. The highest BCUT2D eigenvalue weighted by molar-refractivity contribution is 5.20. The molecule has 2 atom stereocenters. The van der Waals surface area contributed by atoms with E-state index in [9.17, 15) is 0 Å². The Hall–Kier alpha value is -0.870. The number of aromatic nitrogens is 2. The predicted octanol–water partition coefficient (Wildman–Crippen LogP) is 2.19. The van der Waals surface area contributed by atoms with E-state index in [2.05, 4.69) is 44.3 Å². The van der Waals surface area contributed by atoms with Gasteiger partial charge in [-0.15, -0.1) is 0 Å².